The average Bonchev–Trinajstić information content (AvgIpc) is 2.82. The van der Waals surface area contributed by atoms with Gasteiger partial charge in [0.1, 0.15) is 5.75 Å². The van der Waals surface area contributed by atoms with Crippen molar-refractivity contribution < 1.29 is 23.8 Å². The first kappa shape index (κ1) is 13.7. The van der Waals surface area contributed by atoms with Gasteiger partial charge in [0.2, 0.25) is 11.7 Å². The normalized spacial score (nSPS) is 10.3. The average molecular weight is 275 g/mol. The lowest BCUT2D eigenvalue weighted by molar-refractivity contribution is 0.0657. The Morgan fingerprint density at radius 3 is 2.25 bits per heavy atom. The van der Waals surface area contributed by atoms with Crippen LogP contribution in [-0.2, 0) is 0 Å². The van der Waals surface area contributed by atoms with Crippen LogP contribution < -0.4 is 10.5 Å². The van der Waals surface area contributed by atoms with Crippen molar-refractivity contribution in [3.63, 3.8) is 0 Å². The molecule has 0 bridgehead atoms. The van der Waals surface area contributed by atoms with Crippen LogP contribution in [0.4, 0.5) is 0 Å². The second-order valence-corrected chi connectivity index (χ2v) is 4.33. The van der Waals surface area contributed by atoms with Gasteiger partial charge in [-0.25, -0.2) is 4.79 Å². The highest BCUT2D eigenvalue weighted by molar-refractivity contribution is 5.93. The number of hydrogen-bond acceptors (Lipinski definition) is 4. The molecule has 0 radical (unpaired) electrons. The van der Waals surface area contributed by atoms with Crippen molar-refractivity contribution >= 4 is 11.9 Å². The number of aryl methyl sites for hydroxylation is 2. The van der Waals surface area contributed by atoms with Crippen LogP contribution in [0.3, 0.4) is 0 Å². The SMILES string of the molecule is Cc1cc(C(N)=O)cc(C)c1Oc1ccc(C(=O)O)o1. The number of ether oxygens (including phenoxy) is 1. The zero-order chi connectivity index (χ0) is 14.9. The van der Waals surface area contributed by atoms with Crippen LogP contribution in [0.1, 0.15) is 32.0 Å². The molecule has 2 aromatic rings. The van der Waals surface area contributed by atoms with E-state index >= 15 is 0 Å². The lowest BCUT2D eigenvalue weighted by atomic mass is 10.1. The van der Waals surface area contributed by atoms with Crippen LogP contribution in [0.25, 0.3) is 0 Å². The first-order valence-electron chi connectivity index (χ1n) is 5.80. The highest BCUT2D eigenvalue weighted by atomic mass is 16.6. The summed E-state index contributed by atoms with van der Waals surface area (Å²) in [6.07, 6.45) is 0. The minimum absolute atomic E-state index is 0.0698. The number of carbonyl (C=O) groups excluding carboxylic acids is 1. The summed E-state index contributed by atoms with van der Waals surface area (Å²) in [4.78, 5) is 21.9. The molecule has 3 N–H and O–H groups in total. The number of furan rings is 1. The molecule has 0 fully saturated rings. The van der Waals surface area contributed by atoms with Gasteiger partial charge in [0.05, 0.1) is 0 Å². The molecule has 1 aromatic carbocycles. The molecule has 104 valence electrons. The van der Waals surface area contributed by atoms with Crippen molar-refractivity contribution in [2.45, 2.75) is 13.8 Å². The molecule has 6 nitrogen and oxygen atoms in total. The van der Waals surface area contributed by atoms with Gasteiger partial charge in [0.25, 0.3) is 5.95 Å². The Balaban J connectivity index is 2.33. The van der Waals surface area contributed by atoms with Crippen LogP contribution in [0.15, 0.2) is 28.7 Å². The Hall–Kier alpha value is -2.76. The van der Waals surface area contributed by atoms with Crippen LogP contribution in [0.5, 0.6) is 11.7 Å². The fourth-order valence-corrected chi connectivity index (χ4v) is 1.84. The van der Waals surface area contributed by atoms with Crippen LogP contribution in [-0.4, -0.2) is 17.0 Å². The second kappa shape index (κ2) is 5.08. The third-order valence-corrected chi connectivity index (χ3v) is 2.74. The van der Waals surface area contributed by atoms with E-state index in [1.54, 1.807) is 26.0 Å². The molecule has 2 rings (SSSR count). The van der Waals surface area contributed by atoms with E-state index in [1.807, 2.05) is 0 Å². The topological polar surface area (TPSA) is 103 Å². The molecule has 1 aromatic heterocycles. The summed E-state index contributed by atoms with van der Waals surface area (Å²) in [7, 11) is 0. The number of carboxylic acid groups (broad SMARTS) is 1. The fraction of sp³-hybridized carbons (Fsp3) is 0.143. The Morgan fingerprint density at radius 1 is 1.20 bits per heavy atom. The largest absolute Gasteiger partial charge is 0.475 e. The van der Waals surface area contributed by atoms with Crippen molar-refractivity contribution in [2.75, 3.05) is 0 Å². The maximum absolute atomic E-state index is 11.2. The number of benzene rings is 1. The quantitative estimate of drug-likeness (QED) is 0.892. The predicted octanol–water partition coefficient (Wildman–Crippen LogP) is 2.49. The minimum Gasteiger partial charge on any atom is -0.475 e. The van der Waals surface area contributed by atoms with Gasteiger partial charge in [-0.3, -0.25) is 4.79 Å². The Bertz CT molecular complexity index is 664. The number of nitrogens with two attached hydrogens (primary N) is 1. The third kappa shape index (κ3) is 2.64. The summed E-state index contributed by atoms with van der Waals surface area (Å²) in [5.41, 5.74) is 7.02. The summed E-state index contributed by atoms with van der Waals surface area (Å²) in [5, 5.41) is 8.77. The zero-order valence-electron chi connectivity index (χ0n) is 11.0. The third-order valence-electron chi connectivity index (χ3n) is 2.74. The summed E-state index contributed by atoms with van der Waals surface area (Å²) < 4.78 is 10.5. The molecule has 6 heteroatoms. The lowest BCUT2D eigenvalue weighted by Gasteiger charge is -2.10. The molecular weight excluding hydrogens is 262 g/mol. The molecule has 0 unspecified atom stereocenters. The minimum atomic E-state index is -1.17. The highest BCUT2D eigenvalue weighted by Crippen LogP contribution is 2.30. The van der Waals surface area contributed by atoms with Crippen molar-refractivity contribution in [3.05, 3.63) is 46.7 Å². The van der Waals surface area contributed by atoms with Gasteiger partial charge in [0, 0.05) is 11.6 Å². The van der Waals surface area contributed by atoms with Gasteiger partial charge in [-0.15, -0.1) is 0 Å². The summed E-state index contributed by atoms with van der Waals surface area (Å²) >= 11 is 0. The molecule has 0 aliphatic heterocycles. The van der Waals surface area contributed by atoms with Gasteiger partial charge in [-0.2, -0.15) is 0 Å². The predicted molar refractivity (Wildman–Crippen MR) is 70.2 cm³/mol. The molecule has 0 atom stereocenters. The van der Waals surface area contributed by atoms with Gasteiger partial charge < -0.3 is 20.0 Å². The van der Waals surface area contributed by atoms with E-state index in [1.165, 1.54) is 12.1 Å². The molecular formula is C14H13NO5. The van der Waals surface area contributed by atoms with E-state index in [0.29, 0.717) is 22.4 Å². The number of carbonyl (C=O) groups is 2. The molecule has 0 saturated heterocycles. The fourth-order valence-electron chi connectivity index (χ4n) is 1.84. The zero-order valence-corrected chi connectivity index (χ0v) is 11.0. The van der Waals surface area contributed by atoms with E-state index < -0.39 is 11.9 Å². The van der Waals surface area contributed by atoms with E-state index in [-0.39, 0.29) is 11.7 Å². The molecule has 0 aliphatic carbocycles. The van der Waals surface area contributed by atoms with Gasteiger partial charge >= 0.3 is 5.97 Å². The van der Waals surface area contributed by atoms with Gasteiger partial charge in [-0.1, -0.05) is 0 Å². The summed E-state index contributed by atoms with van der Waals surface area (Å²) in [6, 6.07) is 5.93. The van der Waals surface area contributed by atoms with E-state index in [0.717, 1.165) is 0 Å². The van der Waals surface area contributed by atoms with E-state index in [4.69, 9.17) is 20.0 Å². The lowest BCUT2D eigenvalue weighted by Crippen LogP contribution is -2.11. The van der Waals surface area contributed by atoms with Crippen LogP contribution >= 0.6 is 0 Å². The molecule has 20 heavy (non-hydrogen) atoms. The highest BCUT2D eigenvalue weighted by Gasteiger charge is 2.14. The Morgan fingerprint density at radius 2 is 1.80 bits per heavy atom. The maximum atomic E-state index is 11.2. The number of aromatic carboxylic acids is 1. The second-order valence-electron chi connectivity index (χ2n) is 4.33. The van der Waals surface area contributed by atoms with Crippen molar-refractivity contribution in [1.82, 2.24) is 0 Å². The monoisotopic (exact) mass is 275 g/mol. The van der Waals surface area contributed by atoms with E-state index in [9.17, 15) is 9.59 Å². The number of primary amides is 1. The summed E-state index contributed by atoms with van der Waals surface area (Å²) in [6.45, 7) is 3.52. The Labute approximate surface area is 114 Å². The van der Waals surface area contributed by atoms with Crippen molar-refractivity contribution in [2.24, 2.45) is 5.73 Å². The standard InChI is InChI=1S/C14H13NO5/c1-7-5-9(13(15)16)6-8(2)12(7)20-11-4-3-10(19-11)14(17)18/h3-6H,1-2H3,(H2,15,16)(H,17,18). The van der Waals surface area contributed by atoms with Crippen molar-refractivity contribution in [1.29, 1.82) is 0 Å². The van der Waals surface area contributed by atoms with E-state index in [2.05, 4.69) is 0 Å². The molecule has 0 spiro atoms. The number of carboxylic acids is 1. The molecule has 0 aliphatic rings. The summed E-state index contributed by atoms with van der Waals surface area (Å²) in [5.74, 6) is -1.32. The Kier molecular flexibility index (Phi) is 3.47. The molecule has 0 saturated carbocycles. The number of rotatable bonds is 4. The molecule has 1 heterocycles. The maximum Gasteiger partial charge on any atom is 0.371 e. The first-order chi connectivity index (χ1) is 9.38. The van der Waals surface area contributed by atoms with Gasteiger partial charge in [-0.05, 0) is 43.2 Å². The smallest absolute Gasteiger partial charge is 0.371 e. The first-order valence-corrected chi connectivity index (χ1v) is 5.80. The van der Waals surface area contributed by atoms with Gasteiger partial charge in [0.15, 0.2) is 0 Å². The number of amides is 1. The molecule has 1 amide bonds. The van der Waals surface area contributed by atoms with Crippen LogP contribution in [0, 0.1) is 13.8 Å². The van der Waals surface area contributed by atoms with Crippen LogP contribution in [0.2, 0.25) is 0 Å². The van der Waals surface area contributed by atoms with Crippen molar-refractivity contribution in [3.8, 4) is 11.7 Å². The number of hydrogen-bond donors (Lipinski definition) is 2.